The minimum Gasteiger partial charge on any atom is -0.452 e. The Hall–Kier alpha value is -1.49. The first-order valence-electron chi connectivity index (χ1n) is 3.68. The molecular weight excluding hydrogens is 152 g/mol. The van der Waals surface area contributed by atoms with Crippen LogP contribution in [0.25, 0.3) is 0 Å². The van der Waals surface area contributed by atoms with Gasteiger partial charge in [-0.1, -0.05) is 24.7 Å². The van der Waals surface area contributed by atoms with E-state index in [1.807, 2.05) is 0 Å². The van der Waals surface area contributed by atoms with E-state index in [4.69, 9.17) is 0 Å². The fraction of sp³-hybridized carbons (Fsp3) is 0.300. The lowest BCUT2D eigenvalue weighted by Crippen LogP contribution is -2.00. The molecule has 0 spiro atoms. The predicted octanol–water partition coefficient (Wildman–Crippen LogP) is 1.69. The topological polar surface area (TPSA) is 26.3 Å². The molecule has 0 atom stereocenters. The van der Waals surface area contributed by atoms with E-state index in [0.717, 1.165) is 6.42 Å². The maximum Gasteiger partial charge on any atom is 0.384 e. The fourth-order valence-electron chi connectivity index (χ4n) is 0.480. The molecule has 12 heavy (non-hydrogen) atoms. The van der Waals surface area contributed by atoms with Crippen LogP contribution in [0, 0.1) is 11.8 Å². The fourth-order valence-corrected chi connectivity index (χ4v) is 0.480. The van der Waals surface area contributed by atoms with Crippen molar-refractivity contribution in [3.05, 3.63) is 25.3 Å². The third kappa shape index (κ3) is 6.63. The molecule has 0 aliphatic carbocycles. The molecule has 0 amide bonds. The Morgan fingerprint density at radius 2 is 2.17 bits per heavy atom. The van der Waals surface area contributed by atoms with Crippen molar-refractivity contribution in [1.82, 2.24) is 0 Å². The Kier molecular flexibility index (Phi) is 6.67. The summed E-state index contributed by atoms with van der Waals surface area (Å²) in [5, 5.41) is 0. The van der Waals surface area contributed by atoms with Crippen LogP contribution in [-0.4, -0.2) is 12.6 Å². The van der Waals surface area contributed by atoms with Crippen molar-refractivity contribution in [2.75, 3.05) is 6.61 Å². The number of carbonyl (C=O) groups excluding carboxylic acids is 1. The molecule has 2 heteroatoms. The zero-order valence-corrected chi connectivity index (χ0v) is 7.01. The molecule has 0 fully saturated rings. The average molecular weight is 164 g/mol. The second-order valence-corrected chi connectivity index (χ2v) is 2.02. The van der Waals surface area contributed by atoms with Crippen molar-refractivity contribution in [1.29, 1.82) is 0 Å². The standard InChI is InChI=1S/C10H12O2/c1-3-5-6-7-8-10(11)12-9-4-2/h3-4H,1-2,5-6,9H2. The first kappa shape index (κ1) is 10.5. The molecule has 0 aliphatic heterocycles. The largest absolute Gasteiger partial charge is 0.452 e. The summed E-state index contributed by atoms with van der Waals surface area (Å²) in [5.41, 5.74) is 0. The number of carbonyl (C=O) groups is 1. The van der Waals surface area contributed by atoms with Crippen molar-refractivity contribution in [3.8, 4) is 11.8 Å². The van der Waals surface area contributed by atoms with Gasteiger partial charge in [-0.05, 0) is 6.42 Å². The van der Waals surface area contributed by atoms with Gasteiger partial charge in [-0.25, -0.2) is 4.79 Å². The van der Waals surface area contributed by atoms with E-state index in [9.17, 15) is 4.79 Å². The van der Waals surface area contributed by atoms with Gasteiger partial charge in [-0.15, -0.1) is 6.58 Å². The van der Waals surface area contributed by atoms with Crippen LogP contribution in [0.4, 0.5) is 0 Å². The van der Waals surface area contributed by atoms with Crippen LogP contribution >= 0.6 is 0 Å². The van der Waals surface area contributed by atoms with Crippen LogP contribution in [0.2, 0.25) is 0 Å². The van der Waals surface area contributed by atoms with Gasteiger partial charge in [0.25, 0.3) is 0 Å². The normalized spacial score (nSPS) is 7.67. The minimum absolute atomic E-state index is 0.217. The SMILES string of the molecule is C=CCCC#CC(=O)OCC=C. The Morgan fingerprint density at radius 3 is 2.75 bits per heavy atom. The van der Waals surface area contributed by atoms with Gasteiger partial charge < -0.3 is 4.74 Å². The van der Waals surface area contributed by atoms with Gasteiger partial charge in [0.05, 0.1) is 0 Å². The van der Waals surface area contributed by atoms with Crippen LogP contribution in [0.3, 0.4) is 0 Å². The monoisotopic (exact) mass is 164 g/mol. The molecule has 0 aromatic carbocycles. The van der Waals surface area contributed by atoms with E-state index in [2.05, 4.69) is 29.7 Å². The number of hydrogen-bond acceptors (Lipinski definition) is 2. The van der Waals surface area contributed by atoms with Crippen molar-refractivity contribution in [2.45, 2.75) is 12.8 Å². The maximum atomic E-state index is 10.7. The third-order valence-electron chi connectivity index (χ3n) is 0.996. The summed E-state index contributed by atoms with van der Waals surface area (Å²) in [4.78, 5) is 10.7. The molecular formula is C10H12O2. The number of rotatable bonds is 4. The lowest BCUT2D eigenvalue weighted by atomic mass is 10.3. The van der Waals surface area contributed by atoms with Gasteiger partial charge in [0.1, 0.15) is 6.61 Å². The summed E-state index contributed by atoms with van der Waals surface area (Å²) in [6.45, 7) is 7.15. The number of unbranched alkanes of at least 4 members (excludes halogenated alkanes) is 1. The molecule has 0 aliphatic rings. The highest BCUT2D eigenvalue weighted by molar-refractivity contribution is 5.88. The summed E-state index contributed by atoms with van der Waals surface area (Å²) in [7, 11) is 0. The van der Waals surface area contributed by atoms with E-state index in [-0.39, 0.29) is 6.61 Å². The van der Waals surface area contributed by atoms with Gasteiger partial charge in [-0.3, -0.25) is 0 Å². The van der Waals surface area contributed by atoms with E-state index in [1.165, 1.54) is 6.08 Å². The molecule has 0 saturated heterocycles. The number of allylic oxidation sites excluding steroid dienone is 1. The van der Waals surface area contributed by atoms with Gasteiger partial charge >= 0.3 is 5.97 Å². The number of esters is 1. The highest BCUT2D eigenvalue weighted by Gasteiger charge is 1.91. The smallest absolute Gasteiger partial charge is 0.384 e. The zero-order valence-electron chi connectivity index (χ0n) is 7.01. The lowest BCUT2D eigenvalue weighted by Gasteiger charge is -1.91. The summed E-state index contributed by atoms with van der Waals surface area (Å²) in [6, 6.07) is 0. The number of ether oxygens (including phenoxy) is 1. The van der Waals surface area contributed by atoms with Crippen molar-refractivity contribution < 1.29 is 9.53 Å². The molecule has 0 radical (unpaired) electrons. The molecule has 0 bridgehead atoms. The van der Waals surface area contributed by atoms with Crippen molar-refractivity contribution in [3.63, 3.8) is 0 Å². The zero-order chi connectivity index (χ0) is 9.23. The second-order valence-electron chi connectivity index (χ2n) is 2.02. The van der Waals surface area contributed by atoms with E-state index in [1.54, 1.807) is 6.08 Å². The Labute approximate surface area is 72.9 Å². The minimum atomic E-state index is -0.501. The molecule has 0 aromatic heterocycles. The van der Waals surface area contributed by atoms with Crippen LogP contribution in [0.15, 0.2) is 25.3 Å². The maximum absolute atomic E-state index is 10.7. The second kappa shape index (κ2) is 7.62. The third-order valence-corrected chi connectivity index (χ3v) is 0.996. The highest BCUT2D eigenvalue weighted by atomic mass is 16.5. The van der Waals surface area contributed by atoms with Crippen molar-refractivity contribution >= 4 is 5.97 Å². The molecule has 64 valence electrons. The summed E-state index contributed by atoms with van der Waals surface area (Å²) in [6.07, 6.45) is 4.70. The molecule has 0 aromatic rings. The first-order valence-corrected chi connectivity index (χ1v) is 3.68. The Morgan fingerprint density at radius 1 is 1.42 bits per heavy atom. The van der Waals surface area contributed by atoms with Gasteiger partial charge in [0.2, 0.25) is 0 Å². The molecule has 0 saturated carbocycles. The Balaban J connectivity index is 3.56. The predicted molar refractivity (Wildman–Crippen MR) is 48.4 cm³/mol. The van der Waals surface area contributed by atoms with E-state index < -0.39 is 5.97 Å². The first-order chi connectivity index (χ1) is 5.81. The van der Waals surface area contributed by atoms with Crippen LogP contribution in [0.1, 0.15) is 12.8 Å². The average Bonchev–Trinajstić information content (AvgIpc) is 2.09. The summed E-state index contributed by atoms with van der Waals surface area (Å²) < 4.78 is 4.61. The molecule has 0 N–H and O–H groups in total. The van der Waals surface area contributed by atoms with Crippen LogP contribution < -0.4 is 0 Å². The van der Waals surface area contributed by atoms with E-state index in [0.29, 0.717) is 6.42 Å². The number of hydrogen-bond donors (Lipinski definition) is 0. The Bertz CT molecular complexity index is 218. The molecule has 0 unspecified atom stereocenters. The highest BCUT2D eigenvalue weighted by Crippen LogP contribution is 1.85. The van der Waals surface area contributed by atoms with E-state index >= 15 is 0 Å². The van der Waals surface area contributed by atoms with Gasteiger partial charge in [-0.2, -0.15) is 0 Å². The quantitative estimate of drug-likeness (QED) is 0.208. The molecule has 2 nitrogen and oxygen atoms in total. The molecule has 0 rings (SSSR count). The lowest BCUT2D eigenvalue weighted by molar-refractivity contribution is -0.135. The van der Waals surface area contributed by atoms with Crippen molar-refractivity contribution in [2.24, 2.45) is 0 Å². The van der Waals surface area contributed by atoms with Crippen LogP contribution in [0.5, 0.6) is 0 Å². The summed E-state index contributed by atoms with van der Waals surface area (Å²) >= 11 is 0. The van der Waals surface area contributed by atoms with Gasteiger partial charge in [0, 0.05) is 12.3 Å². The van der Waals surface area contributed by atoms with Gasteiger partial charge in [0.15, 0.2) is 0 Å². The summed E-state index contributed by atoms with van der Waals surface area (Å²) in [5.74, 6) is 4.51. The molecule has 0 heterocycles. The van der Waals surface area contributed by atoms with Crippen LogP contribution in [-0.2, 0) is 9.53 Å².